The highest BCUT2D eigenvalue weighted by Crippen LogP contribution is 2.32. The Hall–Kier alpha value is -1.42. The van der Waals surface area contributed by atoms with Gasteiger partial charge in [0.05, 0.1) is 6.61 Å². The van der Waals surface area contributed by atoms with Crippen molar-refractivity contribution >= 4 is 17.6 Å². The second-order valence-electron chi connectivity index (χ2n) is 4.99. The number of ether oxygens (including phenoxy) is 1. The Bertz CT molecular complexity index is 516. The predicted octanol–water partition coefficient (Wildman–Crippen LogP) is 2.06. The third kappa shape index (κ3) is 2.63. The number of aliphatic imine (C=N–C) groups is 1. The first-order chi connectivity index (χ1) is 9.24. The van der Waals surface area contributed by atoms with E-state index in [-0.39, 0.29) is 0 Å². The molecule has 102 valence electrons. The quantitative estimate of drug-likeness (QED) is 0.900. The Morgan fingerprint density at radius 2 is 2.37 bits per heavy atom. The van der Waals surface area contributed by atoms with Crippen LogP contribution in [-0.2, 0) is 13.0 Å². The maximum Gasteiger partial charge on any atom is 0.193 e. The standard InChI is InChI=1S/C14H18ClN3O/c1-18-5-2-4-16-14(18)17-9-11-8-12(15)7-10-3-6-19-13(10)11/h7-8H,2-6,9H2,1H3,(H,16,17). The van der Waals surface area contributed by atoms with Gasteiger partial charge in [-0.05, 0) is 24.1 Å². The SMILES string of the molecule is CN1CCCN=C1NCc1cc(Cl)cc2c1OCC2. The van der Waals surface area contributed by atoms with Crippen LogP contribution in [-0.4, -0.2) is 37.6 Å². The third-order valence-corrected chi connectivity index (χ3v) is 3.76. The van der Waals surface area contributed by atoms with Crippen LogP contribution in [0.15, 0.2) is 17.1 Å². The number of fused-ring (bicyclic) bond motifs is 1. The summed E-state index contributed by atoms with van der Waals surface area (Å²) in [6, 6.07) is 3.97. The molecule has 0 amide bonds. The van der Waals surface area contributed by atoms with Gasteiger partial charge in [-0.1, -0.05) is 11.6 Å². The molecule has 2 heterocycles. The van der Waals surface area contributed by atoms with E-state index >= 15 is 0 Å². The molecule has 5 heteroatoms. The fourth-order valence-corrected chi connectivity index (χ4v) is 2.83. The summed E-state index contributed by atoms with van der Waals surface area (Å²) in [5, 5.41) is 4.16. The van der Waals surface area contributed by atoms with Gasteiger partial charge in [0, 0.05) is 43.7 Å². The molecule has 3 rings (SSSR count). The summed E-state index contributed by atoms with van der Waals surface area (Å²) < 4.78 is 5.70. The molecule has 1 N–H and O–H groups in total. The molecule has 4 nitrogen and oxygen atoms in total. The van der Waals surface area contributed by atoms with E-state index in [1.165, 1.54) is 5.56 Å². The highest BCUT2D eigenvalue weighted by molar-refractivity contribution is 6.30. The van der Waals surface area contributed by atoms with E-state index in [1.54, 1.807) is 0 Å². The molecule has 1 aromatic carbocycles. The molecule has 0 unspecified atom stereocenters. The lowest BCUT2D eigenvalue weighted by atomic mass is 10.1. The highest BCUT2D eigenvalue weighted by Gasteiger charge is 2.18. The second-order valence-corrected chi connectivity index (χ2v) is 5.42. The number of nitrogens with one attached hydrogen (secondary N) is 1. The van der Waals surface area contributed by atoms with Gasteiger partial charge >= 0.3 is 0 Å². The Balaban J connectivity index is 1.75. The monoisotopic (exact) mass is 279 g/mol. The van der Waals surface area contributed by atoms with Gasteiger partial charge in [-0.2, -0.15) is 0 Å². The Kier molecular flexibility index (Phi) is 3.51. The molecule has 0 atom stereocenters. The fraction of sp³-hybridized carbons (Fsp3) is 0.500. The van der Waals surface area contributed by atoms with E-state index in [9.17, 15) is 0 Å². The molecule has 0 bridgehead atoms. The molecule has 2 aliphatic rings. The van der Waals surface area contributed by atoms with Crippen molar-refractivity contribution < 1.29 is 4.74 Å². The minimum absolute atomic E-state index is 0.700. The average molecular weight is 280 g/mol. The van der Waals surface area contributed by atoms with Gasteiger partial charge in [-0.15, -0.1) is 0 Å². The molecule has 0 saturated heterocycles. The molecule has 0 aromatic heterocycles. The van der Waals surface area contributed by atoms with Crippen molar-refractivity contribution in [3.63, 3.8) is 0 Å². The molecular weight excluding hydrogens is 262 g/mol. The average Bonchev–Trinajstić information content (AvgIpc) is 2.85. The van der Waals surface area contributed by atoms with Crippen LogP contribution in [0.25, 0.3) is 0 Å². The number of rotatable bonds is 2. The van der Waals surface area contributed by atoms with Crippen molar-refractivity contribution in [1.29, 1.82) is 0 Å². The van der Waals surface area contributed by atoms with Gasteiger partial charge in [0.2, 0.25) is 0 Å². The van der Waals surface area contributed by atoms with Crippen molar-refractivity contribution in [3.05, 3.63) is 28.3 Å². The summed E-state index contributed by atoms with van der Waals surface area (Å²) in [5.41, 5.74) is 2.32. The van der Waals surface area contributed by atoms with Gasteiger partial charge in [-0.3, -0.25) is 4.99 Å². The predicted molar refractivity (Wildman–Crippen MR) is 77.0 cm³/mol. The van der Waals surface area contributed by atoms with Crippen LogP contribution < -0.4 is 10.1 Å². The summed E-state index contributed by atoms with van der Waals surface area (Å²) >= 11 is 6.15. The van der Waals surface area contributed by atoms with Crippen LogP contribution in [0.1, 0.15) is 17.5 Å². The number of halogens is 1. The van der Waals surface area contributed by atoms with E-state index in [1.807, 2.05) is 12.1 Å². The third-order valence-electron chi connectivity index (χ3n) is 3.54. The molecule has 0 aliphatic carbocycles. The largest absolute Gasteiger partial charge is 0.493 e. The molecular formula is C14H18ClN3O. The van der Waals surface area contributed by atoms with Crippen molar-refractivity contribution in [3.8, 4) is 5.75 Å². The first-order valence-corrected chi connectivity index (χ1v) is 7.05. The van der Waals surface area contributed by atoms with E-state index in [0.717, 1.165) is 54.8 Å². The number of hydrogen-bond donors (Lipinski definition) is 1. The highest BCUT2D eigenvalue weighted by atomic mass is 35.5. The normalized spacial score (nSPS) is 17.8. The maximum atomic E-state index is 6.15. The molecule has 0 radical (unpaired) electrons. The fourth-order valence-electron chi connectivity index (χ4n) is 2.56. The van der Waals surface area contributed by atoms with Gasteiger partial charge < -0.3 is 15.0 Å². The van der Waals surface area contributed by atoms with E-state index < -0.39 is 0 Å². The molecule has 0 fully saturated rings. The van der Waals surface area contributed by atoms with Crippen LogP contribution in [0, 0.1) is 0 Å². The van der Waals surface area contributed by atoms with Crippen LogP contribution in [0.5, 0.6) is 5.75 Å². The van der Waals surface area contributed by atoms with Crippen molar-refractivity contribution in [2.24, 2.45) is 4.99 Å². The van der Waals surface area contributed by atoms with Crippen LogP contribution in [0.2, 0.25) is 5.02 Å². The summed E-state index contributed by atoms with van der Waals surface area (Å²) in [5.74, 6) is 1.95. The van der Waals surface area contributed by atoms with Gasteiger partial charge in [-0.25, -0.2) is 0 Å². The van der Waals surface area contributed by atoms with Gasteiger partial charge in [0.15, 0.2) is 5.96 Å². The minimum Gasteiger partial charge on any atom is -0.493 e. The van der Waals surface area contributed by atoms with Gasteiger partial charge in [0.1, 0.15) is 5.75 Å². The lowest BCUT2D eigenvalue weighted by Crippen LogP contribution is -2.41. The molecule has 0 saturated carbocycles. The maximum absolute atomic E-state index is 6.15. The van der Waals surface area contributed by atoms with Crippen molar-refractivity contribution in [2.45, 2.75) is 19.4 Å². The number of benzene rings is 1. The summed E-state index contributed by atoms with van der Waals surface area (Å²) in [6.45, 7) is 3.41. The molecule has 1 aromatic rings. The Morgan fingerprint density at radius 3 is 3.21 bits per heavy atom. The van der Waals surface area contributed by atoms with Crippen molar-refractivity contribution in [1.82, 2.24) is 10.2 Å². The van der Waals surface area contributed by atoms with Gasteiger partial charge in [0.25, 0.3) is 0 Å². The van der Waals surface area contributed by atoms with Crippen LogP contribution in [0.4, 0.5) is 0 Å². The van der Waals surface area contributed by atoms with E-state index in [2.05, 4.69) is 22.3 Å². The van der Waals surface area contributed by atoms with Crippen LogP contribution in [0.3, 0.4) is 0 Å². The Morgan fingerprint density at radius 1 is 1.47 bits per heavy atom. The second kappa shape index (κ2) is 5.29. The summed E-state index contributed by atoms with van der Waals surface area (Å²) in [7, 11) is 2.06. The topological polar surface area (TPSA) is 36.9 Å². The smallest absolute Gasteiger partial charge is 0.193 e. The zero-order valence-electron chi connectivity index (χ0n) is 11.1. The molecule has 0 spiro atoms. The summed E-state index contributed by atoms with van der Waals surface area (Å²) in [4.78, 5) is 6.65. The summed E-state index contributed by atoms with van der Waals surface area (Å²) in [6.07, 6.45) is 2.07. The lowest BCUT2D eigenvalue weighted by Gasteiger charge is -2.26. The number of nitrogens with zero attached hydrogens (tertiary/aromatic N) is 2. The zero-order valence-corrected chi connectivity index (χ0v) is 11.8. The number of guanidine groups is 1. The molecule has 19 heavy (non-hydrogen) atoms. The first kappa shape index (κ1) is 12.6. The minimum atomic E-state index is 0.700. The lowest BCUT2D eigenvalue weighted by molar-refractivity contribution is 0.352. The first-order valence-electron chi connectivity index (χ1n) is 6.67. The van der Waals surface area contributed by atoms with Crippen LogP contribution >= 0.6 is 11.6 Å². The molecule has 2 aliphatic heterocycles. The van der Waals surface area contributed by atoms with Crippen molar-refractivity contribution in [2.75, 3.05) is 26.7 Å². The van der Waals surface area contributed by atoms with E-state index in [0.29, 0.717) is 6.54 Å². The Labute approximate surface area is 118 Å². The van der Waals surface area contributed by atoms with E-state index in [4.69, 9.17) is 16.3 Å². The zero-order chi connectivity index (χ0) is 13.2. The number of hydrogen-bond acceptors (Lipinski definition) is 4.